The summed E-state index contributed by atoms with van der Waals surface area (Å²) in [6.45, 7) is 8.38. The van der Waals surface area contributed by atoms with E-state index >= 15 is 0 Å². The van der Waals surface area contributed by atoms with E-state index in [0.717, 1.165) is 33.6 Å². The average molecular weight is 312 g/mol. The summed E-state index contributed by atoms with van der Waals surface area (Å²) < 4.78 is 2.30. The Morgan fingerprint density at radius 1 is 1.05 bits per heavy atom. The van der Waals surface area contributed by atoms with Crippen LogP contribution in [-0.2, 0) is 5.75 Å². The Morgan fingerprint density at radius 2 is 1.73 bits per heavy atom. The van der Waals surface area contributed by atoms with E-state index in [4.69, 9.17) is 4.98 Å². The Kier molecular flexibility index (Phi) is 4.16. The van der Waals surface area contributed by atoms with Crippen LogP contribution in [0.2, 0.25) is 0 Å². The van der Waals surface area contributed by atoms with Crippen molar-refractivity contribution >= 4 is 22.8 Å². The first-order valence-corrected chi connectivity index (χ1v) is 8.44. The number of imidazole rings is 1. The molecule has 5 heteroatoms. The van der Waals surface area contributed by atoms with Gasteiger partial charge in [0.05, 0.1) is 16.8 Å². The molecule has 0 saturated carbocycles. The first-order chi connectivity index (χ1) is 10.5. The summed E-state index contributed by atoms with van der Waals surface area (Å²) in [6.07, 6.45) is 0. The molecule has 0 aliphatic carbocycles. The molecule has 3 aromatic rings. The van der Waals surface area contributed by atoms with Crippen molar-refractivity contribution in [2.45, 2.75) is 44.6 Å². The fourth-order valence-corrected chi connectivity index (χ4v) is 3.54. The van der Waals surface area contributed by atoms with Crippen LogP contribution < -0.4 is 0 Å². The first kappa shape index (κ1) is 15.0. The number of hydrogen-bond donors (Lipinski definition) is 0. The number of nitrogens with zero attached hydrogens (tertiary/aromatic N) is 4. The Balaban J connectivity index is 1.91. The van der Waals surface area contributed by atoms with E-state index in [1.54, 1.807) is 11.8 Å². The van der Waals surface area contributed by atoms with Crippen molar-refractivity contribution in [3.05, 3.63) is 47.5 Å². The fraction of sp³-hybridized carbons (Fsp3) is 0.353. The Hall–Kier alpha value is -1.88. The van der Waals surface area contributed by atoms with Crippen molar-refractivity contribution in [3.8, 4) is 0 Å². The minimum atomic E-state index is 0.378. The number of thioether (sulfide) groups is 1. The molecular weight excluding hydrogens is 292 g/mol. The smallest absolute Gasteiger partial charge is 0.188 e. The molecule has 0 aliphatic heterocycles. The van der Waals surface area contributed by atoms with Crippen LogP contribution in [-0.4, -0.2) is 19.5 Å². The molecule has 1 aromatic carbocycles. The Labute approximate surface area is 135 Å². The van der Waals surface area contributed by atoms with Crippen molar-refractivity contribution in [2.75, 3.05) is 0 Å². The highest BCUT2D eigenvalue weighted by Crippen LogP contribution is 2.26. The number of para-hydroxylation sites is 2. The van der Waals surface area contributed by atoms with Gasteiger partial charge in [0, 0.05) is 17.4 Å². The average Bonchev–Trinajstić information content (AvgIpc) is 2.82. The molecular formula is C17H20N4S. The van der Waals surface area contributed by atoms with E-state index in [1.165, 1.54) is 5.52 Å². The summed E-state index contributed by atoms with van der Waals surface area (Å²) in [5.41, 5.74) is 4.25. The number of benzene rings is 1. The lowest BCUT2D eigenvalue weighted by atomic mass is 10.3. The van der Waals surface area contributed by atoms with Gasteiger partial charge in [-0.1, -0.05) is 23.9 Å². The monoisotopic (exact) mass is 312 g/mol. The van der Waals surface area contributed by atoms with E-state index < -0.39 is 0 Å². The molecule has 0 aliphatic rings. The van der Waals surface area contributed by atoms with Gasteiger partial charge in [0.15, 0.2) is 5.16 Å². The van der Waals surface area contributed by atoms with Crippen LogP contribution in [0, 0.1) is 13.8 Å². The molecule has 0 atom stereocenters. The zero-order chi connectivity index (χ0) is 15.7. The molecule has 0 N–H and O–H groups in total. The largest absolute Gasteiger partial charge is 0.325 e. The van der Waals surface area contributed by atoms with Crippen LogP contribution in [0.5, 0.6) is 0 Å². The van der Waals surface area contributed by atoms with E-state index in [2.05, 4.69) is 46.6 Å². The number of aryl methyl sites for hydroxylation is 2. The summed E-state index contributed by atoms with van der Waals surface area (Å²) in [7, 11) is 0. The van der Waals surface area contributed by atoms with Crippen molar-refractivity contribution in [1.29, 1.82) is 0 Å². The Morgan fingerprint density at radius 3 is 2.41 bits per heavy atom. The number of rotatable bonds is 4. The Bertz CT molecular complexity index is 787. The molecule has 2 aromatic heterocycles. The summed E-state index contributed by atoms with van der Waals surface area (Å²) in [6, 6.07) is 10.7. The predicted molar refractivity (Wildman–Crippen MR) is 91.2 cm³/mol. The molecule has 114 valence electrons. The lowest BCUT2D eigenvalue weighted by Crippen LogP contribution is -2.05. The maximum absolute atomic E-state index is 4.78. The number of fused-ring (bicyclic) bond motifs is 1. The van der Waals surface area contributed by atoms with Crippen molar-refractivity contribution < 1.29 is 0 Å². The van der Waals surface area contributed by atoms with Gasteiger partial charge in [-0.15, -0.1) is 0 Å². The number of aromatic nitrogens is 4. The van der Waals surface area contributed by atoms with Crippen LogP contribution in [0.15, 0.2) is 35.5 Å². The normalized spacial score (nSPS) is 11.5. The lowest BCUT2D eigenvalue weighted by Gasteiger charge is -2.12. The molecule has 22 heavy (non-hydrogen) atoms. The summed E-state index contributed by atoms with van der Waals surface area (Å²) >= 11 is 1.64. The van der Waals surface area contributed by atoms with Crippen LogP contribution in [0.3, 0.4) is 0 Å². The van der Waals surface area contributed by atoms with E-state index in [9.17, 15) is 0 Å². The van der Waals surface area contributed by atoms with Gasteiger partial charge in [-0.05, 0) is 45.9 Å². The molecule has 0 spiro atoms. The summed E-state index contributed by atoms with van der Waals surface area (Å²) in [4.78, 5) is 13.8. The molecule has 4 nitrogen and oxygen atoms in total. The van der Waals surface area contributed by atoms with E-state index in [1.807, 2.05) is 26.0 Å². The summed E-state index contributed by atoms with van der Waals surface area (Å²) in [5.74, 6) is 1.85. The minimum absolute atomic E-state index is 0.378. The van der Waals surface area contributed by atoms with Gasteiger partial charge >= 0.3 is 0 Å². The molecule has 0 radical (unpaired) electrons. The zero-order valence-corrected chi connectivity index (χ0v) is 14.2. The standard InChI is InChI=1S/C17H20N4S/c1-11(2)21-15-8-6-5-7-14(15)20-16(21)10-22-17-18-12(3)9-13(4)19-17/h5-9,11H,10H2,1-4H3. The van der Waals surface area contributed by atoms with Gasteiger partial charge in [0.1, 0.15) is 5.82 Å². The third-order valence-corrected chi connectivity index (χ3v) is 4.32. The molecule has 0 fully saturated rings. The molecule has 0 amide bonds. The second-order valence-corrected chi connectivity index (χ2v) is 6.64. The highest BCUT2D eigenvalue weighted by atomic mass is 32.2. The third-order valence-electron chi connectivity index (χ3n) is 3.48. The van der Waals surface area contributed by atoms with Crippen LogP contribution >= 0.6 is 11.8 Å². The summed E-state index contributed by atoms with van der Waals surface area (Å²) in [5, 5.41) is 0.819. The quantitative estimate of drug-likeness (QED) is 0.531. The maximum atomic E-state index is 4.78. The minimum Gasteiger partial charge on any atom is -0.325 e. The lowest BCUT2D eigenvalue weighted by molar-refractivity contribution is 0.597. The second-order valence-electron chi connectivity index (χ2n) is 5.70. The van der Waals surface area contributed by atoms with E-state index in [0.29, 0.717) is 6.04 Å². The fourth-order valence-electron chi connectivity index (χ4n) is 2.66. The van der Waals surface area contributed by atoms with Crippen molar-refractivity contribution in [1.82, 2.24) is 19.5 Å². The molecule has 0 unspecified atom stereocenters. The highest BCUT2D eigenvalue weighted by molar-refractivity contribution is 7.98. The number of hydrogen-bond acceptors (Lipinski definition) is 4. The van der Waals surface area contributed by atoms with Gasteiger partial charge < -0.3 is 4.57 Å². The topological polar surface area (TPSA) is 43.6 Å². The van der Waals surface area contributed by atoms with E-state index in [-0.39, 0.29) is 0 Å². The van der Waals surface area contributed by atoms with Crippen molar-refractivity contribution in [2.24, 2.45) is 0 Å². The molecule has 0 saturated heterocycles. The van der Waals surface area contributed by atoms with Gasteiger partial charge in [-0.25, -0.2) is 15.0 Å². The van der Waals surface area contributed by atoms with Crippen molar-refractivity contribution in [3.63, 3.8) is 0 Å². The molecule has 3 rings (SSSR count). The van der Waals surface area contributed by atoms with Crippen LogP contribution in [0.25, 0.3) is 11.0 Å². The van der Waals surface area contributed by atoms with Crippen LogP contribution in [0.4, 0.5) is 0 Å². The van der Waals surface area contributed by atoms with Gasteiger partial charge in [-0.3, -0.25) is 0 Å². The maximum Gasteiger partial charge on any atom is 0.188 e. The predicted octanol–water partition coefficient (Wildman–Crippen LogP) is 4.32. The van der Waals surface area contributed by atoms with Gasteiger partial charge in [-0.2, -0.15) is 0 Å². The first-order valence-electron chi connectivity index (χ1n) is 7.45. The molecule has 0 bridgehead atoms. The highest BCUT2D eigenvalue weighted by Gasteiger charge is 2.13. The SMILES string of the molecule is Cc1cc(C)nc(SCc2nc3ccccc3n2C(C)C)n1. The van der Waals surface area contributed by atoms with Gasteiger partial charge in [0.25, 0.3) is 0 Å². The molecule has 2 heterocycles. The van der Waals surface area contributed by atoms with Gasteiger partial charge in [0.2, 0.25) is 0 Å². The second kappa shape index (κ2) is 6.08. The zero-order valence-electron chi connectivity index (χ0n) is 13.4. The van der Waals surface area contributed by atoms with Crippen LogP contribution in [0.1, 0.15) is 37.1 Å². The third kappa shape index (κ3) is 2.99.